The van der Waals surface area contributed by atoms with Crippen LogP contribution >= 0.6 is 0 Å². The Labute approximate surface area is 99.7 Å². The van der Waals surface area contributed by atoms with E-state index < -0.39 is 35.9 Å². The Morgan fingerprint density at radius 2 is 1.94 bits per heavy atom. The summed E-state index contributed by atoms with van der Waals surface area (Å²) in [7, 11) is 0. The molecular formula is C9H13FN2O6. The van der Waals surface area contributed by atoms with E-state index in [1.165, 1.54) is 0 Å². The van der Waals surface area contributed by atoms with Gasteiger partial charge in [0.05, 0.1) is 12.7 Å². The number of aromatic nitrogens is 2. The molecule has 1 aromatic heterocycles. The Kier molecular flexibility index (Phi) is 7.43. The van der Waals surface area contributed by atoms with Crippen molar-refractivity contribution in [1.29, 1.82) is 0 Å². The minimum absolute atomic E-state index is 0.137. The standard InChI is InChI=1S/C5H10O4.C4H3FN2O2/c6-2-1-4(8)5(9)3-7;5-2-1-6-4(9)7-3(2)8/h2,4-5,7-9H,1,3H2;1H,(H2,6,7,8,9)/t4-,5+;/m0./s1. The molecule has 5 N–H and O–H groups in total. The lowest BCUT2D eigenvalue weighted by molar-refractivity contribution is -0.111. The van der Waals surface area contributed by atoms with Crippen molar-refractivity contribution in [2.75, 3.05) is 6.61 Å². The first-order valence-corrected chi connectivity index (χ1v) is 4.80. The Hall–Kier alpha value is -1.84. The summed E-state index contributed by atoms with van der Waals surface area (Å²) in [5.41, 5.74) is -1.71. The average Bonchev–Trinajstić information content (AvgIpc) is 2.34. The number of aliphatic hydroxyl groups excluding tert-OH is 3. The van der Waals surface area contributed by atoms with Crippen LogP contribution in [-0.2, 0) is 4.79 Å². The van der Waals surface area contributed by atoms with E-state index in [0.29, 0.717) is 12.5 Å². The largest absolute Gasteiger partial charge is 0.394 e. The second-order valence-electron chi connectivity index (χ2n) is 3.14. The van der Waals surface area contributed by atoms with E-state index in [0.717, 1.165) is 0 Å². The quantitative estimate of drug-likeness (QED) is 0.380. The third-order valence-electron chi connectivity index (χ3n) is 1.74. The van der Waals surface area contributed by atoms with E-state index in [1.807, 2.05) is 4.98 Å². The second-order valence-corrected chi connectivity index (χ2v) is 3.14. The molecule has 0 bridgehead atoms. The molecule has 1 aromatic rings. The van der Waals surface area contributed by atoms with Crippen LogP contribution in [0.4, 0.5) is 4.39 Å². The second kappa shape index (κ2) is 8.28. The van der Waals surface area contributed by atoms with Gasteiger partial charge in [-0.15, -0.1) is 0 Å². The van der Waals surface area contributed by atoms with E-state index in [-0.39, 0.29) is 6.42 Å². The zero-order chi connectivity index (χ0) is 14.1. The molecule has 8 nitrogen and oxygen atoms in total. The molecule has 9 heteroatoms. The van der Waals surface area contributed by atoms with Gasteiger partial charge in [-0.1, -0.05) is 0 Å². The highest BCUT2D eigenvalue weighted by Gasteiger charge is 2.13. The van der Waals surface area contributed by atoms with Crippen LogP contribution < -0.4 is 11.2 Å². The van der Waals surface area contributed by atoms with Crippen LogP contribution in [0.3, 0.4) is 0 Å². The molecule has 0 fully saturated rings. The van der Waals surface area contributed by atoms with Crippen molar-refractivity contribution in [2.24, 2.45) is 0 Å². The first kappa shape index (κ1) is 16.2. The van der Waals surface area contributed by atoms with Gasteiger partial charge in [0.1, 0.15) is 12.4 Å². The van der Waals surface area contributed by atoms with Crippen molar-refractivity contribution in [3.8, 4) is 0 Å². The summed E-state index contributed by atoms with van der Waals surface area (Å²) in [6.07, 6.45) is -1.27. The van der Waals surface area contributed by atoms with Gasteiger partial charge in [-0.05, 0) is 0 Å². The molecule has 0 saturated carbocycles. The zero-order valence-electron chi connectivity index (χ0n) is 9.17. The fourth-order valence-corrected chi connectivity index (χ4v) is 0.771. The molecule has 1 heterocycles. The van der Waals surface area contributed by atoms with Crippen LogP contribution in [0.5, 0.6) is 0 Å². The maximum Gasteiger partial charge on any atom is 0.325 e. The number of halogens is 1. The lowest BCUT2D eigenvalue weighted by atomic mass is 10.2. The van der Waals surface area contributed by atoms with Crippen molar-refractivity contribution in [2.45, 2.75) is 18.6 Å². The number of rotatable bonds is 4. The number of hydrogen-bond acceptors (Lipinski definition) is 6. The third-order valence-corrected chi connectivity index (χ3v) is 1.74. The molecule has 0 aliphatic heterocycles. The third kappa shape index (κ3) is 6.03. The van der Waals surface area contributed by atoms with Crippen LogP contribution in [-0.4, -0.2) is 50.4 Å². The summed E-state index contributed by atoms with van der Waals surface area (Å²) in [6, 6.07) is 0. The highest BCUT2D eigenvalue weighted by atomic mass is 19.1. The van der Waals surface area contributed by atoms with Gasteiger partial charge in [0.25, 0.3) is 5.56 Å². The monoisotopic (exact) mass is 264 g/mol. The highest BCUT2D eigenvalue weighted by molar-refractivity contribution is 5.50. The molecule has 0 amide bonds. The maximum absolute atomic E-state index is 12.0. The van der Waals surface area contributed by atoms with Gasteiger partial charge < -0.3 is 25.1 Å². The summed E-state index contributed by atoms with van der Waals surface area (Å²) in [4.78, 5) is 33.7. The Morgan fingerprint density at radius 1 is 1.33 bits per heavy atom. The van der Waals surface area contributed by atoms with Crippen LogP contribution in [0.1, 0.15) is 6.42 Å². The van der Waals surface area contributed by atoms with Gasteiger partial charge in [-0.3, -0.25) is 9.78 Å². The first-order chi connectivity index (χ1) is 8.42. The summed E-state index contributed by atoms with van der Waals surface area (Å²) < 4.78 is 12.0. The number of aromatic amines is 2. The number of carbonyl (C=O) groups is 1. The van der Waals surface area contributed by atoms with Gasteiger partial charge in [0.15, 0.2) is 0 Å². The van der Waals surface area contributed by atoms with Crippen LogP contribution in [0, 0.1) is 5.82 Å². The Balaban J connectivity index is 0.000000321. The topological polar surface area (TPSA) is 143 Å². The van der Waals surface area contributed by atoms with Gasteiger partial charge in [0.2, 0.25) is 5.82 Å². The number of aliphatic hydroxyl groups is 3. The Bertz CT molecular complexity index is 471. The van der Waals surface area contributed by atoms with E-state index in [9.17, 15) is 18.8 Å². The lowest BCUT2D eigenvalue weighted by Crippen LogP contribution is -2.29. The van der Waals surface area contributed by atoms with Gasteiger partial charge in [0, 0.05) is 12.6 Å². The van der Waals surface area contributed by atoms with E-state index in [1.54, 1.807) is 4.98 Å². The molecule has 2 atom stereocenters. The van der Waals surface area contributed by atoms with Crippen molar-refractivity contribution in [3.63, 3.8) is 0 Å². The number of aldehydes is 1. The molecule has 0 saturated heterocycles. The smallest absolute Gasteiger partial charge is 0.325 e. The normalized spacial score (nSPS) is 13.1. The molecule has 0 aliphatic carbocycles. The first-order valence-electron chi connectivity index (χ1n) is 4.80. The maximum atomic E-state index is 12.0. The van der Waals surface area contributed by atoms with Crippen LogP contribution in [0.25, 0.3) is 0 Å². The zero-order valence-corrected chi connectivity index (χ0v) is 9.17. The van der Waals surface area contributed by atoms with Gasteiger partial charge in [-0.25, -0.2) is 4.79 Å². The number of H-pyrrole nitrogens is 2. The molecule has 1 rings (SSSR count). The molecular weight excluding hydrogens is 251 g/mol. The van der Waals surface area contributed by atoms with E-state index >= 15 is 0 Å². The summed E-state index contributed by atoms with van der Waals surface area (Å²) in [6.45, 7) is -0.519. The molecule has 0 aliphatic rings. The van der Waals surface area contributed by atoms with E-state index in [2.05, 4.69) is 0 Å². The van der Waals surface area contributed by atoms with Crippen molar-refractivity contribution in [3.05, 3.63) is 32.9 Å². The molecule has 102 valence electrons. The SMILES string of the molecule is O=CC[C@H](O)[C@H](O)CO.O=c1[nH]cc(F)c(=O)[nH]1. The highest BCUT2D eigenvalue weighted by Crippen LogP contribution is 1.94. The van der Waals surface area contributed by atoms with Crippen molar-refractivity contribution in [1.82, 2.24) is 9.97 Å². The minimum atomic E-state index is -1.20. The van der Waals surface area contributed by atoms with Crippen molar-refractivity contribution < 1.29 is 24.5 Å². The fraction of sp³-hybridized carbons (Fsp3) is 0.444. The molecule has 0 radical (unpaired) electrons. The van der Waals surface area contributed by atoms with Gasteiger partial charge >= 0.3 is 5.69 Å². The number of carbonyl (C=O) groups excluding carboxylic acids is 1. The van der Waals surface area contributed by atoms with Crippen LogP contribution in [0.15, 0.2) is 15.8 Å². The predicted octanol–water partition coefficient (Wildman–Crippen LogP) is -2.51. The summed E-state index contributed by atoms with van der Waals surface area (Å²) in [5.74, 6) is -0.991. The minimum Gasteiger partial charge on any atom is -0.394 e. The molecule has 18 heavy (non-hydrogen) atoms. The molecule has 0 aromatic carbocycles. The number of nitrogens with one attached hydrogen (secondary N) is 2. The fourth-order valence-electron chi connectivity index (χ4n) is 0.771. The molecule has 0 spiro atoms. The lowest BCUT2D eigenvalue weighted by Gasteiger charge is -2.11. The van der Waals surface area contributed by atoms with Gasteiger partial charge in [-0.2, -0.15) is 4.39 Å². The molecule has 0 unspecified atom stereocenters. The van der Waals surface area contributed by atoms with Crippen molar-refractivity contribution >= 4 is 6.29 Å². The summed E-state index contributed by atoms with van der Waals surface area (Å²) in [5, 5.41) is 25.5. The van der Waals surface area contributed by atoms with Crippen LogP contribution in [0.2, 0.25) is 0 Å². The van der Waals surface area contributed by atoms with E-state index in [4.69, 9.17) is 15.3 Å². The summed E-state index contributed by atoms with van der Waals surface area (Å²) >= 11 is 0. The Morgan fingerprint density at radius 3 is 2.33 bits per heavy atom. The average molecular weight is 264 g/mol. The number of hydrogen-bond donors (Lipinski definition) is 5. The predicted molar refractivity (Wildman–Crippen MR) is 57.4 cm³/mol.